The van der Waals surface area contributed by atoms with Gasteiger partial charge in [-0.25, -0.2) is 0 Å². The fourth-order valence-electron chi connectivity index (χ4n) is 1.78. The SMILES string of the molecule is CCOCCC(=O)NN1C(=O)c2ccccc2C1=O. The molecule has 6 heteroatoms. The predicted molar refractivity (Wildman–Crippen MR) is 66.2 cm³/mol. The van der Waals surface area contributed by atoms with Crippen LogP contribution in [0.3, 0.4) is 0 Å². The Bertz CT molecular complexity index is 492. The van der Waals surface area contributed by atoms with Crippen LogP contribution in [-0.4, -0.2) is 35.9 Å². The second kappa shape index (κ2) is 5.62. The number of nitrogens with zero attached hydrogens (tertiary/aromatic N) is 1. The smallest absolute Gasteiger partial charge is 0.280 e. The maximum Gasteiger partial charge on any atom is 0.280 e. The highest BCUT2D eigenvalue weighted by Gasteiger charge is 2.36. The van der Waals surface area contributed by atoms with Crippen LogP contribution in [0.4, 0.5) is 0 Å². The molecule has 0 aliphatic carbocycles. The standard InChI is InChI=1S/C13H14N2O4/c1-2-19-8-7-11(16)14-15-12(17)9-5-3-4-6-10(9)13(15)18/h3-6H,2,7-8H2,1H3,(H,14,16). The number of fused-ring (bicyclic) bond motifs is 1. The molecule has 1 aliphatic heterocycles. The van der Waals surface area contributed by atoms with Crippen molar-refractivity contribution >= 4 is 17.7 Å². The van der Waals surface area contributed by atoms with Crippen molar-refractivity contribution in [2.75, 3.05) is 13.2 Å². The summed E-state index contributed by atoms with van der Waals surface area (Å²) in [5.74, 6) is -1.45. The van der Waals surface area contributed by atoms with Gasteiger partial charge in [-0.05, 0) is 19.1 Å². The minimum Gasteiger partial charge on any atom is -0.381 e. The molecule has 19 heavy (non-hydrogen) atoms. The Balaban J connectivity index is 2.02. The van der Waals surface area contributed by atoms with E-state index in [0.717, 1.165) is 5.01 Å². The van der Waals surface area contributed by atoms with E-state index >= 15 is 0 Å². The third-order valence-corrected chi connectivity index (χ3v) is 2.71. The summed E-state index contributed by atoms with van der Waals surface area (Å²) in [6.45, 7) is 2.59. The number of amides is 3. The van der Waals surface area contributed by atoms with Gasteiger partial charge in [0.05, 0.1) is 24.2 Å². The number of rotatable bonds is 5. The molecule has 0 spiro atoms. The maximum atomic E-state index is 11.9. The van der Waals surface area contributed by atoms with Gasteiger partial charge in [0.1, 0.15) is 0 Å². The zero-order valence-corrected chi connectivity index (χ0v) is 10.5. The van der Waals surface area contributed by atoms with Crippen LogP contribution in [0.5, 0.6) is 0 Å². The molecular weight excluding hydrogens is 248 g/mol. The highest BCUT2D eigenvalue weighted by atomic mass is 16.5. The molecule has 1 N–H and O–H groups in total. The van der Waals surface area contributed by atoms with Crippen molar-refractivity contribution in [2.24, 2.45) is 0 Å². The van der Waals surface area contributed by atoms with Crippen molar-refractivity contribution in [1.82, 2.24) is 10.4 Å². The highest BCUT2D eigenvalue weighted by molar-refractivity contribution is 6.21. The van der Waals surface area contributed by atoms with Gasteiger partial charge in [-0.3, -0.25) is 19.8 Å². The Morgan fingerprint density at radius 1 is 1.21 bits per heavy atom. The van der Waals surface area contributed by atoms with Crippen molar-refractivity contribution in [1.29, 1.82) is 0 Å². The quantitative estimate of drug-likeness (QED) is 0.627. The number of carbonyl (C=O) groups excluding carboxylic acids is 3. The predicted octanol–water partition coefficient (Wildman–Crippen LogP) is 0.740. The van der Waals surface area contributed by atoms with Crippen LogP contribution in [0.2, 0.25) is 0 Å². The van der Waals surface area contributed by atoms with Gasteiger partial charge in [-0.2, -0.15) is 5.01 Å². The second-order valence-electron chi connectivity index (χ2n) is 3.97. The molecule has 0 radical (unpaired) electrons. The van der Waals surface area contributed by atoms with E-state index in [4.69, 9.17) is 4.74 Å². The number of ether oxygens (including phenoxy) is 1. The Morgan fingerprint density at radius 2 is 1.79 bits per heavy atom. The zero-order chi connectivity index (χ0) is 13.8. The van der Waals surface area contributed by atoms with E-state index < -0.39 is 17.7 Å². The van der Waals surface area contributed by atoms with Crippen molar-refractivity contribution in [3.8, 4) is 0 Å². The van der Waals surface area contributed by atoms with Crippen LogP contribution in [0, 0.1) is 0 Å². The summed E-state index contributed by atoms with van der Waals surface area (Å²) in [4.78, 5) is 35.4. The number of hydrazine groups is 1. The van der Waals surface area contributed by atoms with Gasteiger partial charge < -0.3 is 4.74 Å². The Morgan fingerprint density at radius 3 is 2.32 bits per heavy atom. The van der Waals surface area contributed by atoms with Gasteiger partial charge in [0, 0.05) is 6.61 Å². The Labute approximate surface area is 110 Å². The van der Waals surface area contributed by atoms with Crippen LogP contribution < -0.4 is 5.43 Å². The number of hydrogen-bond donors (Lipinski definition) is 1. The number of nitrogens with one attached hydrogen (secondary N) is 1. The lowest BCUT2D eigenvalue weighted by atomic mass is 10.1. The van der Waals surface area contributed by atoms with Gasteiger partial charge in [0.2, 0.25) is 5.91 Å². The molecule has 0 saturated heterocycles. The van der Waals surface area contributed by atoms with E-state index in [2.05, 4.69) is 5.43 Å². The molecule has 0 saturated carbocycles. The van der Waals surface area contributed by atoms with E-state index in [0.29, 0.717) is 17.7 Å². The van der Waals surface area contributed by atoms with Crippen molar-refractivity contribution < 1.29 is 19.1 Å². The highest BCUT2D eigenvalue weighted by Crippen LogP contribution is 2.20. The lowest BCUT2D eigenvalue weighted by Crippen LogP contribution is -2.46. The van der Waals surface area contributed by atoms with Gasteiger partial charge in [0.25, 0.3) is 11.8 Å². The van der Waals surface area contributed by atoms with Crippen molar-refractivity contribution in [3.05, 3.63) is 35.4 Å². The molecule has 3 amide bonds. The summed E-state index contributed by atoms with van der Waals surface area (Å²) >= 11 is 0. The summed E-state index contributed by atoms with van der Waals surface area (Å²) in [5.41, 5.74) is 2.91. The van der Waals surface area contributed by atoms with Crippen molar-refractivity contribution in [3.63, 3.8) is 0 Å². The normalized spacial score (nSPS) is 13.6. The summed E-state index contributed by atoms with van der Waals surface area (Å²) in [7, 11) is 0. The molecule has 0 bridgehead atoms. The molecule has 0 atom stereocenters. The average molecular weight is 262 g/mol. The first kappa shape index (κ1) is 13.2. The number of benzene rings is 1. The van der Waals surface area contributed by atoms with E-state index in [9.17, 15) is 14.4 Å². The summed E-state index contributed by atoms with van der Waals surface area (Å²) < 4.78 is 5.03. The second-order valence-corrected chi connectivity index (χ2v) is 3.97. The molecule has 100 valence electrons. The molecule has 6 nitrogen and oxygen atoms in total. The lowest BCUT2D eigenvalue weighted by molar-refractivity contribution is -0.125. The van der Waals surface area contributed by atoms with E-state index in [-0.39, 0.29) is 13.0 Å². The number of imide groups is 1. The lowest BCUT2D eigenvalue weighted by Gasteiger charge is -2.14. The fourth-order valence-corrected chi connectivity index (χ4v) is 1.78. The van der Waals surface area contributed by atoms with Crippen LogP contribution in [-0.2, 0) is 9.53 Å². The summed E-state index contributed by atoms with van der Waals surface area (Å²) in [5, 5.41) is 0.749. The van der Waals surface area contributed by atoms with Gasteiger partial charge >= 0.3 is 0 Å². The first-order valence-corrected chi connectivity index (χ1v) is 6.00. The monoisotopic (exact) mass is 262 g/mol. The minimum atomic E-state index is -0.509. The molecule has 0 unspecified atom stereocenters. The molecule has 0 aromatic heterocycles. The summed E-state index contributed by atoms with van der Waals surface area (Å²) in [6.07, 6.45) is 0.0985. The van der Waals surface area contributed by atoms with E-state index in [1.54, 1.807) is 24.3 Å². The maximum absolute atomic E-state index is 11.9. The molecule has 2 rings (SSSR count). The van der Waals surface area contributed by atoms with Gasteiger partial charge in [0.15, 0.2) is 0 Å². The number of hydrogen-bond acceptors (Lipinski definition) is 4. The van der Waals surface area contributed by atoms with Crippen LogP contribution in [0.25, 0.3) is 0 Å². The van der Waals surface area contributed by atoms with Crippen LogP contribution in [0.1, 0.15) is 34.1 Å². The molecule has 1 aromatic carbocycles. The molecule has 0 fully saturated rings. The fraction of sp³-hybridized carbons (Fsp3) is 0.308. The van der Waals surface area contributed by atoms with Crippen LogP contribution >= 0.6 is 0 Å². The molecule has 1 heterocycles. The van der Waals surface area contributed by atoms with E-state index in [1.165, 1.54) is 0 Å². The first-order chi connectivity index (χ1) is 9.15. The third kappa shape index (κ3) is 2.63. The van der Waals surface area contributed by atoms with Crippen LogP contribution in [0.15, 0.2) is 24.3 Å². The average Bonchev–Trinajstić information content (AvgIpc) is 2.65. The summed E-state index contributed by atoms with van der Waals surface area (Å²) in [6, 6.07) is 6.46. The number of carbonyl (C=O) groups is 3. The zero-order valence-electron chi connectivity index (χ0n) is 10.5. The molecular formula is C13H14N2O4. The van der Waals surface area contributed by atoms with Gasteiger partial charge in [-0.1, -0.05) is 12.1 Å². The Hall–Kier alpha value is -2.21. The van der Waals surface area contributed by atoms with E-state index in [1.807, 2.05) is 6.92 Å². The third-order valence-electron chi connectivity index (χ3n) is 2.71. The van der Waals surface area contributed by atoms with Gasteiger partial charge in [-0.15, -0.1) is 0 Å². The Kier molecular flexibility index (Phi) is 3.91. The molecule has 1 aliphatic rings. The molecule has 1 aromatic rings. The largest absolute Gasteiger partial charge is 0.381 e. The van der Waals surface area contributed by atoms with Crippen molar-refractivity contribution in [2.45, 2.75) is 13.3 Å². The topological polar surface area (TPSA) is 75.7 Å². The first-order valence-electron chi connectivity index (χ1n) is 6.00. The minimum absolute atomic E-state index is 0.0985.